The summed E-state index contributed by atoms with van der Waals surface area (Å²) in [6.07, 6.45) is 2.97. The maximum absolute atomic E-state index is 12.4. The summed E-state index contributed by atoms with van der Waals surface area (Å²) in [6, 6.07) is 7.38. The molecule has 0 saturated carbocycles. The summed E-state index contributed by atoms with van der Waals surface area (Å²) >= 11 is 0. The van der Waals surface area contributed by atoms with E-state index in [1.165, 1.54) is 22.5 Å². The molecular weight excluding hydrogens is 284 g/mol. The minimum atomic E-state index is -0.248. The monoisotopic (exact) mass is 298 g/mol. The van der Waals surface area contributed by atoms with Gasteiger partial charge in [-0.3, -0.25) is 14.2 Å². The van der Waals surface area contributed by atoms with Crippen molar-refractivity contribution >= 4 is 34.2 Å². The van der Waals surface area contributed by atoms with Crippen LogP contribution in [0, 0.1) is 0 Å². The van der Waals surface area contributed by atoms with E-state index in [0.717, 1.165) is 10.9 Å². The SMILES string of the molecule is CC(=O)Nc1cnn(CC(=O)n2cc(N)c3ccccc32)n1. The second kappa shape index (κ2) is 5.32. The first-order chi connectivity index (χ1) is 10.5. The molecule has 2 aromatic heterocycles. The summed E-state index contributed by atoms with van der Waals surface area (Å²) in [6.45, 7) is 1.32. The van der Waals surface area contributed by atoms with Gasteiger partial charge in [-0.15, -0.1) is 5.10 Å². The van der Waals surface area contributed by atoms with Crippen molar-refractivity contribution < 1.29 is 9.59 Å². The third kappa shape index (κ3) is 2.53. The van der Waals surface area contributed by atoms with Gasteiger partial charge < -0.3 is 11.1 Å². The molecule has 0 unspecified atom stereocenters. The molecule has 0 fully saturated rings. The maximum atomic E-state index is 12.4. The molecule has 1 amide bonds. The van der Waals surface area contributed by atoms with Crippen LogP contribution < -0.4 is 11.1 Å². The average molecular weight is 298 g/mol. The molecule has 2 heterocycles. The van der Waals surface area contributed by atoms with Gasteiger partial charge in [0.1, 0.15) is 6.54 Å². The van der Waals surface area contributed by atoms with Gasteiger partial charge in [0.15, 0.2) is 5.82 Å². The van der Waals surface area contributed by atoms with Crippen LogP contribution in [0.4, 0.5) is 11.5 Å². The molecule has 8 nitrogen and oxygen atoms in total. The van der Waals surface area contributed by atoms with Crippen molar-refractivity contribution in [3.63, 3.8) is 0 Å². The number of carbonyl (C=O) groups excluding carboxylic acids is 2. The zero-order valence-electron chi connectivity index (χ0n) is 11.9. The van der Waals surface area contributed by atoms with Crippen LogP contribution in [-0.2, 0) is 11.3 Å². The molecule has 0 aliphatic carbocycles. The highest BCUT2D eigenvalue weighted by Crippen LogP contribution is 2.22. The zero-order chi connectivity index (χ0) is 15.7. The van der Waals surface area contributed by atoms with E-state index < -0.39 is 0 Å². The third-order valence-corrected chi connectivity index (χ3v) is 3.13. The summed E-state index contributed by atoms with van der Waals surface area (Å²) in [5.41, 5.74) is 7.18. The number of anilines is 2. The molecule has 3 N–H and O–H groups in total. The van der Waals surface area contributed by atoms with E-state index in [-0.39, 0.29) is 18.4 Å². The number of hydrogen-bond acceptors (Lipinski definition) is 5. The molecule has 0 aliphatic heterocycles. The average Bonchev–Trinajstić information content (AvgIpc) is 3.04. The predicted octanol–water partition coefficient (Wildman–Crippen LogP) is 1.11. The summed E-state index contributed by atoms with van der Waals surface area (Å²) in [5.74, 6) is -0.169. The zero-order valence-corrected chi connectivity index (χ0v) is 11.9. The Bertz CT molecular complexity index is 863. The Balaban J connectivity index is 1.84. The quantitative estimate of drug-likeness (QED) is 0.753. The Hall–Kier alpha value is -3.16. The number of fused-ring (bicyclic) bond motifs is 1. The lowest BCUT2D eigenvalue weighted by molar-refractivity contribution is -0.114. The van der Waals surface area contributed by atoms with Crippen LogP contribution in [0.15, 0.2) is 36.7 Å². The normalized spacial score (nSPS) is 10.8. The molecule has 0 radical (unpaired) electrons. The van der Waals surface area contributed by atoms with Crippen molar-refractivity contribution in [2.45, 2.75) is 13.5 Å². The molecule has 0 aliphatic rings. The van der Waals surface area contributed by atoms with E-state index >= 15 is 0 Å². The van der Waals surface area contributed by atoms with E-state index in [4.69, 9.17) is 5.73 Å². The summed E-state index contributed by atoms with van der Waals surface area (Å²) in [5, 5.41) is 11.3. The second-order valence-corrected chi connectivity index (χ2v) is 4.81. The number of hydrogen-bond donors (Lipinski definition) is 2. The minimum Gasteiger partial charge on any atom is -0.397 e. The first-order valence-electron chi connectivity index (χ1n) is 6.61. The Morgan fingerprint density at radius 3 is 2.86 bits per heavy atom. The first kappa shape index (κ1) is 13.8. The molecule has 0 atom stereocenters. The van der Waals surface area contributed by atoms with Crippen LogP contribution >= 0.6 is 0 Å². The van der Waals surface area contributed by atoms with Gasteiger partial charge in [-0.25, -0.2) is 0 Å². The number of nitrogens with one attached hydrogen (secondary N) is 1. The highest BCUT2D eigenvalue weighted by Gasteiger charge is 2.13. The highest BCUT2D eigenvalue weighted by atomic mass is 16.2. The van der Waals surface area contributed by atoms with Crippen LogP contribution in [0.1, 0.15) is 11.7 Å². The molecule has 3 rings (SSSR count). The number of amides is 1. The number of rotatable bonds is 3. The fraction of sp³-hybridized carbons (Fsp3) is 0.143. The van der Waals surface area contributed by atoms with Crippen molar-refractivity contribution in [2.75, 3.05) is 11.1 Å². The largest absolute Gasteiger partial charge is 0.397 e. The van der Waals surface area contributed by atoms with Crippen molar-refractivity contribution in [2.24, 2.45) is 0 Å². The van der Waals surface area contributed by atoms with Crippen molar-refractivity contribution in [3.05, 3.63) is 36.7 Å². The summed E-state index contributed by atoms with van der Waals surface area (Å²) in [7, 11) is 0. The predicted molar refractivity (Wildman–Crippen MR) is 81.3 cm³/mol. The summed E-state index contributed by atoms with van der Waals surface area (Å²) in [4.78, 5) is 24.6. The maximum Gasteiger partial charge on any atom is 0.254 e. The van der Waals surface area contributed by atoms with Crippen molar-refractivity contribution in [3.8, 4) is 0 Å². The van der Waals surface area contributed by atoms with Gasteiger partial charge in [0.2, 0.25) is 5.91 Å². The lowest BCUT2D eigenvalue weighted by Crippen LogP contribution is -2.19. The molecule has 1 aromatic carbocycles. The molecular formula is C14H14N6O2. The van der Waals surface area contributed by atoms with Gasteiger partial charge in [0, 0.05) is 18.5 Å². The van der Waals surface area contributed by atoms with Crippen molar-refractivity contribution in [1.82, 2.24) is 19.6 Å². The van der Waals surface area contributed by atoms with Gasteiger partial charge in [-0.1, -0.05) is 18.2 Å². The van der Waals surface area contributed by atoms with Gasteiger partial charge in [-0.05, 0) is 6.07 Å². The number of nitrogens with zero attached hydrogens (tertiary/aromatic N) is 4. The summed E-state index contributed by atoms with van der Waals surface area (Å²) < 4.78 is 1.48. The van der Waals surface area contributed by atoms with Crippen LogP contribution in [-0.4, -0.2) is 31.4 Å². The smallest absolute Gasteiger partial charge is 0.254 e. The first-order valence-corrected chi connectivity index (χ1v) is 6.61. The Morgan fingerprint density at radius 1 is 1.32 bits per heavy atom. The Morgan fingerprint density at radius 2 is 2.09 bits per heavy atom. The van der Waals surface area contributed by atoms with Crippen LogP contribution in [0.5, 0.6) is 0 Å². The second-order valence-electron chi connectivity index (χ2n) is 4.81. The van der Waals surface area contributed by atoms with Crippen molar-refractivity contribution in [1.29, 1.82) is 0 Å². The van der Waals surface area contributed by atoms with Crippen LogP contribution in [0.3, 0.4) is 0 Å². The van der Waals surface area contributed by atoms with Crippen LogP contribution in [0.2, 0.25) is 0 Å². The minimum absolute atomic E-state index is 0.0578. The molecule has 3 aromatic rings. The van der Waals surface area contributed by atoms with Gasteiger partial charge in [0.25, 0.3) is 5.91 Å². The van der Waals surface area contributed by atoms with E-state index in [9.17, 15) is 9.59 Å². The molecule has 8 heteroatoms. The fourth-order valence-corrected chi connectivity index (χ4v) is 2.22. The fourth-order valence-electron chi connectivity index (χ4n) is 2.22. The van der Waals surface area contributed by atoms with Gasteiger partial charge in [0.05, 0.1) is 17.4 Å². The Kier molecular flexibility index (Phi) is 3.34. The Labute approximate surface area is 125 Å². The standard InChI is InChI=1S/C14H14N6O2/c1-9(21)17-13-6-16-20(18-13)8-14(22)19-7-11(15)10-4-2-3-5-12(10)19/h2-7H,8,15H2,1H3,(H,17,18,21). The number of carbonyl (C=O) groups is 2. The van der Waals surface area contributed by atoms with Gasteiger partial charge in [-0.2, -0.15) is 9.90 Å². The number of aromatic nitrogens is 4. The molecule has 0 bridgehead atoms. The number of nitrogens with two attached hydrogens (primary N) is 1. The number of para-hydroxylation sites is 1. The lowest BCUT2D eigenvalue weighted by atomic mass is 10.2. The lowest BCUT2D eigenvalue weighted by Gasteiger charge is -2.03. The van der Waals surface area contributed by atoms with E-state index in [1.807, 2.05) is 24.3 Å². The van der Waals surface area contributed by atoms with E-state index in [0.29, 0.717) is 11.5 Å². The number of nitrogen functional groups attached to an aromatic ring is 1. The molecule has 112 valence electrons. The molecule has 0 spiro atoms. The van der Waals surface area contributed by atoms with Crippen LogP contribution in [0.25, 0.3) is 10.9 Å². The molecule has 0 saturated heterocycles. The third-order valence-electron chi connectivity index (χ3n) is 3.13. The highest BCUT2D eigenvalue weighted by molar-refractivity contribution is 5.99. The van der Waals surface area contributed by atoms with E-state index in [1.54, 1.807) is 6.20 Å². The van der Waals surface area contributed by atoms with Gasteiger partial charge >= 0.3 is 0 Å². The molecule has 22 heavy (non-hydrogen) atoms. The van der Waals surface area contributed by atoms with E-state index in [2.05, 4.69) is 15.5 Å². The number of benzene rings is 1. The topological polar surface area (TPSA) is 108 Å².